The summed E-state index contributed by atoms with van der Waals surface area (Å²) in [6.07, 6.45) is 0.923. The number of nitrogens with zero attached hydrogens (tertiary/aromatic N) is 1. The summed E-state index contributed by atoms with van der Waals surface area (Å²) in [4.78, 5) is 24.3. The van der Waals surface area contributed by atoms with E-state index in [2.05, 4.69) is 10.6 Å². The van der Waals surface area contributed by atoms with Gasteiger partial charge >= 0.3 is 0 Å². The van der Waals surface area contributed by atoms with Gasteiger partial charge in [-0.05, 0) is 13.0 Å². The summed E-state index contributed by atoms with van der Waals surface area (Å²) in [6, 6.07) is 0. The zero-order valence-electron chi connectivity index (χ0n) is 8.30. The van der Waals surface area contributed by atoms with Crippen molar-refractivity contribution in [3.8, 4) is 0 Å². The molecule has 0 bridgehead atoms. The number of hydrogen-bond donors (Lipinski definition) is 2. The van der Waals surface area contributed by atoms with Gasteiger partial charge in [0.05, 0.1) is 5.54 Å². The zero-order chi connectivity index (χ0) is 10.2. The quantitative estimate of drug-likeness (QED) is 0.507. The highest BCUT2D eigenvalue weighted by atomic mass is 16.2. The predicted octanol–water partition coefficient (Wildman–Crippen LogP) is -1.30. The van der Waals surface area contributed by atoms with Crippen molar-refractivity contribution in [2.24, 2.45) is 0 Å². The van der Waals surface area contributed by atoms with Gasteiger partial charge < -0.3 is 15.5 Å². The topological polar surface area (TPSA) is 61.4 Å². The van der Waals surface area contributed by atoms with Crippen molar-refractivity contribution in [3.05, 3.63) is 0 Å². The van der Waals surface area contributed by atoms with Crippen LogP contribution < -0.4 is 10.6 Å². The van der Waals surface area contributed by atoms with Crippen LogP contribution in [0.15, 0.2) is 0 Å². The molecule has 5 nitrogen and oxygen atoms in total. The van der Waals surface area contributed by atoms with Gasteiger partial charge in [-0.2, -0.15) is 0 Å². The van der Waals surface area contributed by atoms with E-state index >= 15 is 0 Å². The lowest BCUT2D eigenvalue weighted by Crippen LogP contribution is -2.65. The molecule has 2 N–H and O–H groups in total. The van der Waals surface area contributed by atoms with Crippen LogP contribution in [-0.2, 0) is 9.59 Å². The Balaban J connectivity index is 2.21. The Morgan fingerprint density at radius 3 is 2.86 bits per heavy atom. The van der Waals surface area contributed by atoms with Gasteiger partial charge in [-0.25, -0.2) is 0 Å². The monoisotopic (exact) mass is 197 g/mol. The maximum atomic E-state index is 11.4. The molecule has 0 aromatic carbocycles. The normalized spacial score (nSPS) is 32.1. The average molecular weight is 197 g/mol. The molecule has 0 saturated carbocycles. The molecule has 14 heavy (non-hydrogen) atoms. The highest BCUT2D eigenvalue weighted by Gasteiger charge is 2.44. The minimum Gasteiger partial charge on any atom is -0.352 e. The second kappa shape index (κ2) is 3.24. The van der Waals surface area contributed by atoms with Gasteiger partial charge in [0.1, 0.15) is 6.54 Å². The van der Waals surface area contributed by atoms with Crippen LogP contribution in [-0.4, -0.2) is 48.4 Å². The molecule has 78 valence electrons. The summed E-state index contributed by atoms with van der Waals surface area (Å²) in [5, 5.41) is 6.06. The maximum absolute atomic E-state index is 11.4. The van der Waals surface area contributed by atoms with Crippen LogP contribution in [0, 0.1) is 0 Å². The third kappa shape index (κ3) is 1.37. The second-order valence-electron chi connectivity index (χ2n) is 4.03. The summed E-state index contributed by atoms with van der Waals surface area (Å²) in [6.45, 7) is 4.01. The van der Waals surface area contributed by atoms with Crippen LogP contribution >= 0.6 is 0 Å². The molecule has 1 spiro atoms. The number of piperazine rings is 1. The van der Waals surface area contributed by atoms with Crippen molar-refractivity contribution < 1.29 is 9.59 Å². The summed E-state index contributed by atoms with van der Waals surface area (Å²) in [5.74, 6) is -0.0683. The van der Waals surface area contributed by atoms with Crippen molar-refractivity contribution in [2.45, 2.75) is 18.9 Å². The standard InChI is InChI=1S/C9H15N3O2/c1-7(13)12-4-8(14)11-6-9(12)2-3-10-5-9/h10H,2-6H2,1H3,(H,11,14)/t9-/m0/s1. The summed E-state index contributed by atoms with van der Waals surface area (Å²) >= 11 is 0. The Labute approximate surface area is 82.8 Å². The van der Waals surface area contributed by atoms with Gasteiger partial charge in [0, 0.05) is 20.0 Å². The van der Waals surface area contributed by atoms with Crippen LogP contribution in [0.3, 0.4) is 0 Å². The van der Waals surface area contributed by atoms with Crippen LogP contribution in [0.25, 0.3) is 0 Å². The Kier molecular flexibility index (Phi) is 2.19. The first-order valence-electron chi connectivity index (χ1n) is 4.90. The van der Waals surface area contributed by atoms with Gasteiger partial charge in [-0.15, -0.1) is 0 Å². The first-order chi connectivity index (χ1) is 6.64. The van der Waals surface area contributed by atoms with Gasteiger partial charge in [0.25, 0.3) is 0 Å². The Morgan fingerprint density at radius 1 is 1.50 bits per heavy atom. The number of carbonyl (C=O) groups is 2. The van der Waals surface area contributed by atoms with Crippen molar-refractivity contribution in [1.29, 1.82) is 0 Å². The molecule has 0 aliphatic carbocycles. The molecular weight excluding hydrogens is 182 g/mol. The minimum absolute atomic E-state index is 0.0106. The van der Waals surface area contributed by atoms with E-state index in [0.29, 0.717) is 6.54 Å². The van der Waals surface area contributed by atoms with Crippen LogP contribution in [0.4, 0.5) is 0 Å². The van der Waals surface area contributed by atoms with Gasteiger partial charge in [0.2, 0.25) is 11.8 Å². The lowest BCUT2D eigenvalue weighted by molar-refractivity contribution is -0.144. The van der Waals surface area contributed by atoms with Crippen LogP contribution in [0.2, 0.25) is 0 Å². The number of nitrogens with one attached hydrogen (secondary N) is 2. The molecule has 2 amide bonds. The van der Waals surface area contributed by atoms with Crippen LogP contribution in [0.1, 0.15) is 13.3 Å². The van der Waals surface area contributed by atoms with Crippen LogP contribution in [0.5, 0.6) is 0 Å². The first-order valence-corrected chi connectivity index (χ1v) is 4.90. The van der Waals surface area contributed by atoms with E-state index in [4.69, 9.17) is 0 Å². The largest absolute Gasteiger partial charge is 0.352 e. The lowest BCUT2D eigenvalue weighted by atomic mass is 9.93. The molecule has 2 heterocycles. The maximum Gasteiger partial charge on any atom is 0.239 e. The van der Waals surface area contributed by atoms with E-state index < -0.39 is 0 Å². The number of amides is 2. The molecule has 2 aliphatic heterocycles. The van der Waals surface area contributed by atoms with E-state index in [0.717, 1.165) is 19.5 Å². The molecule has 0 aromatic rings. The fraction of sp³-hybridized carbons (Fsp3) is 0.778. The van der Waals surface area contributed by atoms with Crippen molar-refractivity contribution in [3.63, 3.8) is 0 Å². The zero-order valence-corrected chi connectivity index (χ0v) is 8.30. The Morgan fingerprint density at radius 2 is 2.29 bits per heavy atom. The molecule has 0 unspecified atom stereocenters. The molecule has 2 aliphatic rings. The Hall–Kier alpha value is -1.10. The SMILES string of the molecule is CC(=O)N1CC(=O)NC[C@@]12CCNC2. The molecule has 1 atom stereocenters. The minimum atomic E-state index is -0.167. The van der Waals surface area contributed by atoms with E-state index in [9.17, 15) is 9.59 Å². The van der Waals surface area contributed by atoms with Gasteiger partial charge in [-0.1, -0.05) is 0 Å². The van der Waals surface area contributed by atoms with E-state index in [1.54, 1.807) is 4.90 Å². The lowest BCUT2D eigenvalue weighted by Gasteiger charge is -2.43. The second-order valence-corrected chi connectivity index (χ2v) is 4.03. The van der Waals surface area contributed by atoms with Crippen molar-refractivity contribution in [2.75, 3.05) is 26.2 Å². The third-order valence-corrected chi connectivity index (χ3v) is 3.09. The number of rotatable bonds is 0. The molecule has 0 aromatic heterocycles. The fourth-order valence-electron chi connectivity index (χ4n) is 2.28. The molecule has 2 saturated heterocycles. The summed E-state index contributed by atoms with van der Waals surface area (Å²) in [7, 11) is 0. The molecule has 5 heteroatoms. The predicted molar refractivity (Wildman–Crippen MR) is 50.6 cm³/mol. The number of hydrogen-bond acceptors (Lipinski definition) is 3. The smallest absolute Gasteiger partial charge is 0.239 e. The highest BCUT2D eigenvalue weighted by Crippen LogP contribution is 2.24. The Bertz CT molecular complexity index is 271. The summed E-state index contributed by atoms with van der Waals surface area (Å²) in [5.41, 5.74) is -0.167. The molecule has 0 radical (unpaired) electrons. The van der Waals surface area contributed by atoms with Crippen molar-refractivity contribution >= 4 is 11.8 Å². The molecule has 2 rings (SSSR count). The van der Waals surface area contributed by atoms with Gasteiger partial charge in [0.15, 0.2) is 0 Å². The third-order valence-electron chi connectivity index (χ3n) is 3.09. The first kappa shape index (κ1) is 9.45. The van der Waals surface area contributed by atoms with Crippen molar-refractivity contribution in [1.82, 2.24) is 15.5 Å². The molecular formula is C9H15N3O2. The molecule has 2 fully saturated rings. The number of carbonyl (C=O) groups excluding carboxylic acids is 2. The summed E-state index contributed by atoms with van der Waals surface area (Å²) < 4.78 is 0. The van der Waals surface area contributed by atoms with E-state index in [1.165, 1.54) is 6.92 Å². The fourth-order valence-corrected chi connectivity index (χ4v) is 2.28. The van der Waals surface area contributed by atoms with E-state index in [-0.39, 0.29) is 23.9 Å². The highest BCUT2D eigenvalue weighted by molar-refractivity contribution is 5.86. The average Bonchev–Trinajstić information content (AvgIpc) is 2.59. The van der Waals surface area contributed by atoms with Gasteiger partial charge in [-0.3, -0.25) is 9.59 Å². The van der Waals surface area contributed by atoms with E-state index in [1.807, 2.05) is 0 Å².